The van der Waals surface area contributed by atoms with Gasteiger partial charge in [-0.1, -0.05) is 18.0 Å². The van der Waals surface area contributed by atoms with E-state index in [1.807, 2.05) is 6.92 Å². The summed E-state index contributed by atoms with van der Waals surface area (Å²) in [7, 11) is 0. The number of amides is 2. The van der Waals surface area contributed by atoms with E-state index in [4.69, 9.17) is 16.3 Å². The lowest BCUT2D eigenvalue weighted by Gasteiger charge is -2.44. The molecule has 0 spiro atoms. The number of hydrogen-bond donors (Lipinski definition) is 2. The van der Waals surface area contributed by atoms with E-state index in [0.29, 0.717) is 34.0 Å². The Bertz CT molecular complexity index is 977. The molecule has 2 aliphatic rings. The zero-order valence-corrected chi connectivity index (χ0v) is 19.9. The monoisotopic (exact) mass is 469 g/mol. The van der Waals surface area contributed by atoms with Crippen LogP contribution >= 0.6 is 11.6 Å². The number of nitrogens with zero attached hydrogens (tertiary/aromatic N) is 1. The first-order valence-electron chi connectivity index (χ1n) is 11.8. The molecule has 4 rings (SSSR count). The van der Waals surface area contributed by atoms with Gasteiger partial charge in [0.05, 0.1) is 0 Å². The molecule has 2 heterocycles. The van der Waals surface area contributed by atoms with Crippen molar-refractivity contribution in [3.05, 3.63) is 58.6 Å². The van der Waals surface area contributed by atoms with E-state index < -0.39 is 0 Å². The van der Waals surface area contributed by atoms with E-state index in [1.54, 1.807) is 42.5 Å². The van der Waals surface area contributed by atoms with Gasteiger partial charge in [-0.2, -0.15) is 0 Å². The van der Waals surface area contributed by atoms with Gasteiger partial charge in [-0.3, -0.25) is 9.59 Å². The van der Waals surface area contributed by atoms with E-state index >= 15 is 0 Å². The SMILES string of the molecule is Cc1cc(OCC(=O)Nc2ccc(C(=O)NC[C@H]3CCCN4CCCC[C@H]34)cc2)ccc1Cl. The molecule has 0 saturated carbocycles. The molecule has 6 nitrogen and oxygen atoms in total. The molecule has 2 saturated heterocycles. The van der Waals surface area contributed by atoms with Gasteiger partial charge in [0.2, 0.25) is 0 Å². The Morgan fingerprint density at radius 1 is 1.06 bits per heavy atom. The lowest BCUT2D eigenvalue weighted by Crippen LogP contribution is -2.51. The first-order valence-corrected chi connectivity index (χ1v) is 12.2. The summed E-state index contributed by atoms with van der Waals surface area (Å²) in [6.07, 6.45) is 6.24. The van der Waals surface area contributed by atoms with Crippen molar-refractivity contribution in [1.82, 2.24) is 10.2 Å². The summed E-state index contributed by atoms with van der Waals surface area (Å²) in [6.45, 7) is 4.90. The molecule has 0 radical (unpaired) electrons. The Balaban J connectivity index is 1.23. The zero-order valence-electron chi connectivity index (χ0n) is 19.1. The Morgan fingerprint density at radius 2 is 1.85 bits per heavy atom. The molecule has 0 bridgehead atoms. The molecule has 2 amide bonds. The summed E-state index contributed by atoms with van der Waals surface area (Å²) >= 11 is 6.01. The third kappa shape index (κ3) is 6.27. The van der Waals surface area contributed by atoms with E-state index in [0.717, 1.165) is 12.1 Å². The fourth-order valence-corrected chi connectivity index (χ4v) is 5.02. The molecule has 2 aliphatic heterocycles. The number of fused-ring (bicyclic) bond motifs is 1. The number of halogens is 1. The van der Waals surface area contributed by atoms with E-state index in [1.165, 1.54) is 45.2 Å². The van der Waals surface area contributed by atoms with Crippen molar-refractivity contribution < 1.29 is 14.3 Å². The average molecular weight is 470 g/mol. The fraction of sp³-hybridized carbons (Fsp3) is 0.462. The highest BCUT2D eigenvalue weighted by molar-refractivity contribution is 6.31. The maximum atomic E-state index is 12.7. The first-order chi connectivity index (χ1) is 16.0. The molecule has 2 fully saturated rings. The van der Waals surface area contributed by atoms with Crippen LogP contribution < -0.4 is 15.4 Å². The van der Waals surface area contributed by atoms with Gasteiger partial charge in [0.1, 0.15) is 5.75 Å². The van der Waals surface area contributed by atoms with Crippen LogP contribution in [0.1, 0.15) is 48.0 Å². The molecular weight excluding hydrogens is 438 g/mol. The van der Waals surface area contributed by atoms with Crippen LogP contribution in [0.3, 0.4) is 0 Å². The maximum Gasteiger partial charge on any atom is 0.262 e. The van der Waals surface area contributed by atoms with Crippen LogP contribution in [-0.4, -0.2) is 49.0 Å². The summed E-state index contributed by atoms with van der Waals surface area (Å²) in [6, 6.07) is 12.8. The minimum atomic E-state index is -0.269. The zero-order chi connectivity index (χ0) is 23.2. The molecule has 2 N–H and O–H groups in total. The highest BCUT2D eigenvalue weighted by Gasteiger charge is 2.32. The van der Waals surface area contributed by atoms with Crippen molar-refractivity contribution in [3.8, 4) is 5.75 Å². The smallest absolute Gasteiger partial charge is 0.262 e. The fourth-order valence-electron chi connectivity index (χ4n) is 4.90. The number of anilines is 1. The number of aryl methyl sites for hydroxylation is 1. The number of rotatable bonds is 7. The second-order valence-electron chi connectivity index (χ2n) is 9.04. The lowest BCUT2D eigenvalue weighted by atomic mass is 9.83. The van der Waals surface area contributed by atoms with Crippen LogP contribution in [0.4, 0.5) is 5.69 Å². The molecule has 0 aromatic heterocycles. The van der Waals surface area contributed by atoms with Crippen molar-refractivity contribution in [2.24, 2.45) is 5.92 Å². The van der Waals surface area contributed by atoms with Gasteiger partial charge in [-0.15, -0.1) is 0 Å². The van der Waals surface area contributed by atoms with Crippen molar-refractivity contribution in [2.75, 3.05) is 31.6 Å². The minimum Gasteiger partial charge on any atom is -0.484 e. The predicted molar refractivity (Wildman–Crippen MR) is 131 cm³/mol. The standard InChI is InChI=1S/C26H32ClN3O3/c1-18-15-22(11-12-23(18)27)33-17-25(31)29-21-9-7-19(8-10-21)26(32)28-16-20-5-4-14-30-13-3-2-6-24(20)30/h7-12,15,20,24H,2-6,13-14,16-17H2,1H3,(H,28,32)(H,29,31)/t20-,24-/m1/s1. The van der Waals surface area contributed by atoms with Crippen LogP contribution in [0.2, 0.25) is 5.02 Å². The molecule has 7 heteroatoms. The molecule has 176 valence electrons. The van der Waals surface area contributed by atoms with Crippen LogP contribution in [0.25, 0.3) is 0 Å². The van der Waals surface area contributed by atoms with Crippen molar-refractivity contribution in [2.45, 2.75) is 45.1 Å². The van der Waals surface area contributed by atoms with E-state index in [9.17, 15) is 9.59 Å². The normalized spacial score (nSPS) is 20.5. The minimum absolute atomic E-state index is 0.0674. The summed E-state index contributed by atoms with van der Waals surface area (Å²) in [5, 5.41) is 6.58. The summed E-state index contributed by atoms with van der Waals surface area (Å²) in [5.41, 5.74) is 2.11. The molecule has 2 aromatic carbocycles. The van der Waals surface area contributed by atoms with Crippen molar-refractivity contribution in [1.29, 1.82) is 0 Å². The Hall–Kier alpha value is -2.57. The van der Waals surface area contributed by atoms with Gasteiger partial charge >= 0.3 is 0 Å². The van der Waals surface area contributed by atoms with Crippen LogP contribution in [-0.2, 0) is 4.79 Å². The van der Waals surface area contributed by atoms with Crippen molar-refractivity contribution >= 4 is 29.1 Å². The molecule has 0 unspecified atom stereocenters. The highest BCUT2D eigenvalue weighted by atomic mass is 35.5. The third-order valence-electron chi connectivity index (χ3n) is 6.68. The van der Waals surface area contributed by atoms with Gasteiger partial charge < -0.3 is 20.3 Å². The molecule has 33 heavy (non-hydrogen) atoms. The van der Waals surface area contributed by atoms with Crippen molar-refractivity contribution in [3.63, 3.8) is 0 Å². The maximum absolute atomic E-state index is 12.7. The van der Waals surface area contributed by atoms with E-state index in [2.05, 4.69) is 15.5 Å². The average Bonchev–Trinajstić information content (AvgIpc) is 2.83. The number of carbonyl (C=O) groups excluding carboxylic acids is 2. The van der Waals surface area contributed by atoms with Crippen LogP contribution in [0, 0.1) is 12.8 Å². The molecule has 0 aliphatic carbocycles. The number of piperidine rings is 2. The number of hydrogen-bond acceptors (Lipinski definition) is 4. The van der Waals surface area contributed by atoms with Gasteiger partial charge in [0.15, 0.2) is 6.61 Å². The van der Waals surface area contributed by atoms with E-state index in [-0.39, 0.29) is 18.4 Å². The molecular formula is C26H32ClN3O3. The third-order valence-corrected chi connectivity index (χ3v) is 7.11. The summed E-state index contributed by atoms with van der Waals surface area (Å²) in [5.74, 6) is 0.788. The number of ether oxygens (including phenoxy) is 1. The second kappa shape index (κ2) is 11.0. The number of nitrogens with one attached hydrogen (secondary N) is 2. The second-order valence-corrected chi connectivity index (χ2v) is 9.44. The van der Waals surface area contributed by atoms with Gasteiger partial charge in [0, 0.05) is 28.9 Å². The Morgan fingerprint density at radius 3 is 2.64 bits per heavy atom. The topological polar surface area (TPSA) is 70.7 Å². The quantitative estimate of drug-likeness (QED) is 0.618. The van der Waals surface area contributed by atoms with Gasteiger partial charge in [0.25, 0.3) is 11.8 Å². The molecule has 2 atom stereocenters. The predicted octanol–water partition coefficient (Wildman–Crippen LogP) is 4.66. The highest BCUT2D eigenvalue weighted by Crippen LogP contribution is 2.30. The lowest BCUT2D eigenvalue weighted by molar-refractivity contribution is -0.118. The summed E-state index contributed by atoms with van der Waals surface area (Å²) in [4.78, 5) is 27.5. The Labute approximate surface area is 200 Å². The number of benzene rings is 2. The van der Waals surface area contributed by atoms with Crippen LogP contribution in [0.5, 0.6) is 5.75 Å². The van der Waals surface area contributed by atoms with Gasteiger partial charge in [-0.05, 0) is 99.6 Å². The van der Waals surface area contributed by atoms with Gasteiger partial charge in [-0.25, -0.2) is 0 Å². The molecule has 2 aromatic rings. The Kier molecular flexibility index (Phi) is 7.89. The summed E-state index contributed by atoms with van der Waals surface area (Å²) < 4.78 is 5.53. The van der Waals surface area contributed by atoms with Crippen LogP contribution in [0.15, 0.2) is 42.5 Å². The largest absolute Gasteiger partial charge is 0.484 e. The number of carbonyl (C=O) groups is 2. The first kappa shape index (κ1) is 23.6.